The summed E-state index contributed by atoms with van der Waals surface area (Å²) in [5.41, 5.74) is 1.07. The van der Waals surface area contributed by atoms with E-state index >= 15 is 0 Å². The van der Waals surface area contributed by atoms with Crippen LogP contribution < -0.4 is 4.90 Å². The molecule has 1 saturated heterocycles. The minimum atomic E-state index is 0.351. The van der Waals surface area contributed by atoms with Crippen molar-refractivity contribution < 1.29 is 9.84 Å². The Morgan fingerprint density at radius 3 is 2.65 bits per heavy atom. The Bertz CT molecular complexity index is 533. The third-order valence-corrected chi connectivity index (χ3v) is 3.20. The maximum absolute atomic E-state index is 10.0. The maximum Gasteiger partial charge on any atom is 0.125 e. The number of nitrogens with zero attached hydrogens (tertiary/aromatic N) is 1. The van der Waals surface area contributed by atoms with Crippen LogP contribution in [-0.4, -0.2) is 31.4 Å². The summed E-state index contributed by atoms with van der Waals surface area (Å²) in [6.45, 7) is 3.29. The molecule has 0 radical (unpaired) electrons. The number of morpholine rings is 1. The lowest BCUT2D eigenvalue weighted by molar-refractivity contribution is 0.122. The first-order chi connectivity index (χ1) is 8.34. The number of hydrogen-bond acceptors (Lipinski definition) is 3. The first kappa shape index (κ1) is 10.4. The molecule has 0 amide bonds. The second-order valence-electron chi connectivity index (χ2n) is 4.29. The molecular formula is C14H15NO2. The highest BCUT2D eigenvalue weighted by molar-refractivity contribution is 5.91. The zero-order chi connectivity index (χ0) is 11.7. The van der Waals surface area contributed by atoms with Crippen molar-refractivity contribution in [3.63, 3.8) is 0 Å². The molecule has 1 N–H and O–H groups in total. The summed E-state index contributed by atoms with van der Waals surface area (Å²) in [6.07, 6.45) is 0. The highest BCUT2D eigenvalue weighted by atomic mass is 16.5. The van der Waals surface area contributed by atoms with Gasteiger partial charge in [0.1, 0.15) is 5.75 Å². The predicted molar refractivity (Wildman–Crippen MR) is 68.6 cm³/mol. The van der Waals surface area contributed by atoms with Gasteiger partial charge in [0.2, 0.25) is 0 Å². The average Bonchev–Trinajstić information content (AvgIpc) is 2.40. The Balaban J connectivity index is 2.05. The molecule has 1 heterocycles. The van der Waals surface area contributed by atoms with Crippen LogP contribution in [0.15, 0.2) is 36.4 Å². The molecule has 1 aliphatic heterocycles. The number of rotatable bonds is 1. The van der Waals surface area contributed by atoms with E-state index in [1.807, 2.05) is 30.3 Å². The number of aromatic hydroxyl groups is 1. The van der Waals surface area contributed by atoms with E-state index in [2.05, 4.69) is 11.0 Å². The molecule has 0 aliphatic carbocycles. The van der Waals surface area contributed by atoms with Crippen LogP contribution in [0.2, 0.25) is 0 Å². The highest BCUT2D eigenvalue weighted by Crippen LogP contribution is 2.30. The zero-order valence-electron chi connectivity index (χ0n) is 9.60. The van der Waals surface area contributed by atoms with Gasteiger partial charge in [0.25, 0.3) is 0 Å². The van der Waals surface area contributed by atoms with Gasteiger partial charge in [-0.2, -0.15) is 0 Å². The first-order valence-corrected chi connectivity index (χ1v) is 5.89. The van der Waals surface area contributed by atoms with Crippen molar-refractivity contribution in [1.29, 1.82) is 0 Å². The van der Waals surface area contributed by atoms with Crippen molar-refractivity contribution in [2.45, 2.75) is 0 Å². The average molecular weight is 229 g/mol. The predicted octanol–water partition coefficient (Wildman–Crippen LogP) is 2.38. The SMILES string of the molecule is Oc1cc(N2CCOCC2)cc2ccccc12. The highest BCUT2D eigenvalue weighted by Gasteiger charge is 2.13. The summed E-state index contributed by atoms with van der Waals surface area (Å²) in [5, 5.41) is 12.0. The summed E-state index contributed by atoms with van der Waals surface area (Å²) in [5.74, 6) is 0.351. The molecule has 88 valence electrons. The van der Waals surface area contributed by atoms with Crippen LogP contribution in [0.4, 0.5) is 5.69 Å². The standard InChI is InChI=1S/C14H15NO2/c16-14-10-12(15-5-7-17-8-6-15)9-11-3-1-2-4-13(11)14/h1-4,9-10,16H,5-8H2. The van der Waals surface area contributed by atoms with Crippen LogP contribution >= 0.6 is 0 Å². The monoisotopic (exact) mass is 229 g/mol. The van der Waals surface area contributed by atoms with Gasteiger partial charge in [0.15, 0.2) is 0 Å². The molecule has 3 rings (SSSR count). The molecule has 0 aromatic heterocycles. The number of fused-ring (bicyclic) bond motifs is 1. The van der Waals surface area contributed by atoms with Crippen molar-refractivity contribution in [2.75, 3.05) is 31.2 Å². The molecule has 1 aliphatic rings. The molecule has 2 aromatic carbocycles. The van der Waals surface area contributed by atoms with E-state index < -0.39 is 0 Å². The van der Waals surface area contributed by atoms with Gasteiger partial charge >= 0.3 is 0 Å². The molecule has 3 nitrogen and oxygen atoms in total. The largest absolute Gasteiger partial charge is 0.507 e. The quantitative estimate of drug-likeness (QED) is 0.815. The third kappa shape index (κ3) is 1.94. The molecule has 1 fully saturated rings. The van der Waals surface area contributed by atoms with Crippen LogP contribution in [0.25, 0.3) is 10.8 Å². The van der Waals surface area contributed by atoms with Gasteiger partial charge in [-0.15, -0.1) is 0 Å². The topological polar surface area (TPSA) is 32.7 Å². The Hall–Kier alpha value is -1.74. The number of phenolic OH excluding ortho intramolecular Hbond substituents is 1. The summed E-state index contributed by atoms with van der Waals surface area (Å²) < 4.78 is 5.33. The van der Waals surface area contributed by atoms with E-state index in [1.54, 1.807) is 0 Å². The van der Waals surface area contributed by atoms with Crippen LogP contribution in [0.3, 0.4) is 0 Å². The van der Waals surface area contributed by atoms with Gasteiger partial charge in [0.05, 0.1) is 13.2 Å². The molecule has 0 bridgehead atoms. The van der Waals surface area contributed by atoms with E-state index in [1.165, 1.54) is 0 Å². The second-order valence-corrected chi connectivity index (χ2v) is 4.29. The molecule has 0 atom stereocenters. The first-order valence-electron chi connectivity index (χ1n) is 5.89. The number of ether oxygens (including phenoxy) is 1. The smallest absolute Gasteiger partial charge is 0.125 e. The summed E-state index contributed by atoms with van der Waals surface area (Å²) in [7, 11) is 0. The number of benzene rings is 2. The van der Waals surface area contributed by atoms with E-state index in [-0.39, 0.29) is 0 Å². The summed E-state index contributed by atoms with van der Waals surface area (Å²) >= 11 is 0. The molecule has 17 heavy (non-hydrogen) atoms. The lowest BCUT2D eigenvalue weighted by Gasteiger charge is -2.29. The van der Waals surface area contributed by atoms with Crippen molar-refractivity contribution in [3.05, 3.63) is 36.4 Å². The number of phenols is 1. The van der Waals surface area contributed by atoms with E-state index in [0.29, 0.717) is 5.75 Å². The molecular weight excluding hydrogens is 214 g/mol. The van der Waals surface area contributed by atoms with Gasteiger partial charge in [-0.3, -0.25) is 0 Å². The molecule has 3 heteroatoms. The minimum Gasteiger partial charge on any atom is -0.507 e. The van der Waals surface area contributed by atoms with Gasteiger partial charge in [0, 0.05) is 30.2 Å². The maximum atomic E-state index is 10.0. The van der Waals surface area contributed by atoms with E-state index in [4.69, 9.17) is 4.74 Å². The second kappa shape index (κ2) is 4.26. The van der Waals surface area contributed by atoms with Crippen LogP contribution in [0.1, 0.15) is 0 Å². The summed E-state index contributed by atoms with van der Waals surface area (Å²) in [4.78, 5) is 2.25. The van der Waals surface area contributed by atoms with Gasteiger partial charge in [-0.25, -0.2) is 0 Å². The summed E-state index contributed by atoms with van der Waals surface area (Å²) in [6, 6.07) is 11.9. The van der Waals surface area contributed by atoms with Crippen molar-refractivity contribution in [2.24, 2.45) is 0 Å². The van der Waals surface area contributed by atoms with Crippen molar-refractivity contribution in [1.82, 2.24) is 0 Å². The van der Waals surface area contributed by atoms with Crippen molar-refractivity contribution in [3.8, 4) is 5.75 Å². The molecule has 0 spiro atoms. The molecule has 2 aromatic rings. The Morgan fingerprint density at radius 1 is 1.06 bits per heavy atom. The lowest BCUT2D eigenvalue weighted by Crippen LogP contribution is -2.36. The van der Waals surface area contributed by atoms with Gasteiger partial charge < -0.3 is 14.7 Å². The fourth-order valence-corrected chi connectivity index (χ4v) is 2.28. The third-order valence-electron chi connectivity index (χ3n) is 3.20. The fourth-order valence-electron chi connectivity index (χ4n) is 2.28. The van der Waals surface area contributed by atoms with Crippen LogP contribution in [-0.2, 0) is 4.74 Å². The van der Waals surface area contributed by atoms with Crippen LogP contribution in [0, 0.1) is 0 Å². The fraction of sp³-hybridized carbons (Fsp3) is 0.286. The molecule has 0 saturated carbocycles. The lowest BCUT2D eigenvalue weighted by atomic mass is 10.1. The van der Waals surface area contributed by atoms with Gasteiger partial charge in [-0.05, 0) is 11.5 Å². The molecule has 0 unspecified atom stereocenters. The van der Waals surface area contributed by atoms with Crippen molar-refractivity contribution >= 4 is 16.5 Å². The normalized spacial score (nSPS) is 16.4. The van der Waals surface area contributed by atoms with E-state index in [0.717, 1.165) is 42.8 Å². The Labute approximate surface area is 100 Å². The number of hydrogen-bond donors (Lipinski definition) is 1. The minimum absolute atomic E-state index is 0.351. The van der Waals surface area contributed by atoms with Gasteiger partial charge in [-0.1, -0.05) is 24.3 Å². The zero-order valence-corrected chi connectivity index (χ0v) is 9.60. The van der Waals surface area contributed by atoms with E-state index in [9.17, 15) is 5.11 Å². The Morgan fingerprint density at radius 2 is 1.82 bits per heavy atom. The van der Waals surface area contributed by atoms with Crippen LogP contribution in [0.5, 0.6) is 5.75 Å². The Kier molecular flexibility index (Phi) is 2.61. The number of anilines is 1.